The van der Waals surface area contributed by atoms with Crippen LogP contribution in [0.1, 0.15) is 64.5 Å². The van der Waals surface area contributed by atoms with E-state index in [0.29, 0.717) is 33.7 Å². The number of hydrogen-bond acceptors (Lipinski definition) is 3. The molecule has 0 heterocycles. The van der Waals surface area contributed by atoms with Crippen molar-refractivity contribution in [1.29, 1.82) is 0 Å². The van der Waals surface area contributed by atoms with Crippen molar-refractivity contribution in [3.8, 4) is 5.75 Å². The summed E-state index contributed by atoms with van der Waals surface area (Å²) in [6.07, 6.45) is 1.26. The lowest BCUT2D eigenvalue weighted by Crippen LogP contribution is -2.51. The zero-order chi connectivity index (χ0) is 24.5. The van der Waals surface area contributed by atoms with Gasteiger partial charge in [0.1, 0.15) is 11.8 Å². The van der Waals surface area contributed by atoms with E-state index in [1.807, 2.05) is 45.0 Å². The first-order chi connectivity index (χ1) is 15.7. The Hall–Kier alpha value is -2.24. The fourth-order valence-corrected chi connectivity index (χ4v) is 3.84. The van der Waals surface area contributed by atoms with Crippen molar-refractivity contribution in [1.82, 2.24) is 10.2 Å². The number of amides is 2. The molecule has 2 amide bonds. The van der Waals surface area contributed by atoms with Gasteiger partial charge in [-0.3, -0.25) is 9.59 Å². The number of halogens is 2. The van der Waals surface area contributed by atoms with Crippen LogP contribution in [-0.2, 0) is 16.1 Å². The Balaban J connectivity index is 2.23. The molecule has 5 nitrogen and oxygen atoms in total. The highest BCUT2D eigenvalue weighted by Crippen LogP contribution is 2.24. The van der Waals surface area contributed by atoms with Gasteiger partial charge in [0, 0.05) is 22.6 Å². The monoisotopic (exact) mass is 492 g/mol. The van der Waals surface area contributed by atoms with E-state index in [4.69, 9.17) is 27.9 Å². The smallest absolute Gasteiger partial charge is 0.261 e. The maximum absolute atomic E-state index is 13.3. The topological polar surface area (TPSA) is 58.6 Å². The van der Waals surface area contributed by atoms with Crippen molar-refractivity contribution in [3.63, 3.8) is 0 Å². The van der Waals surface area contributed by atoms with Gasteiger partial charge in [0.15, 0.2) is 6.61 Å². The van der Waals surface area contributed by atoms with Gasteiger partial charge in [-0.2, -0.15) is 0 Å². The summed E-state index contributed by atoms with van der Waals surface area (Å²) in [7, 11) is 0. The number of nitrogens with one attached hydrogen (secondary N) is 1. The fraction of sp³-hybridized carbons (Fsp3) is 0.462. The van der Waals surface area contributed by atoms with E-state index in [2.05, 4.69) is 19.2 Å². The molecule has 2 atom stereocenters. The van der Waals surface area contributed by atoms with Gasteiger partial charge in [0.25, 0.3) is 5.91 Å². The number of carbonyl (C=O) groups is 2. The maximum atomic E-state index is 13.3. The van der Waals surface area contributed by atoms with Gasteiger partial charge >= 0.3 is 0 Å². The molecule has 2 aromatic rings. The van der Waals surface area contributed by atoms with Crippen molar-refractivity contribution in [3.05, 3.63) is 63.6 Å². The predicted molar refractivity (Wildman–Crippen MR) is 135 cm³/mol. The minimum Gasteiger partial charge on any atom is -0.484 e. The Labute approximate surface area is 207 Å². The standard InChI is InChI=1S/C26H34Cl2N2O3/c1-6-18(5)29-26(32)24(7-2)30(15-20-8-11-21(27)14-23(20)28)25(31)16-33-22-12-9-19(10-13-22)17(3)4/h8-14,17-18,24H,6-7,15-16H2,1-5H3,(H,29,32)/t18-,24+/m1/s1. The minimum absolute atomic E-state index is 0.0124. The molecule has 0 fully saturated rings. The first-order valence-electron chi connectivity index (χ1n) is 11.4. The van der Waals surface area contributed by atoms with E-state index < -0.39 is 6.04 Å². The second kappa shape index (κ2) is 12.9. The lowest BCUT2D eigenvalue weighted by atomic mass is 10.0. The number of hydrogen-bond donors (Lipinski definition) is 1. The van der Waals surface area contributed by atoms with Crippen molar-refractivity contribution in [2.24, 2.45) is 0 Å². The molecule has 180 valence electrons. The van der Waals surface area contributed by atoms with Gasteiger partial charge in [0.2, 0.25) is 5.91 Å². The number of nitrogens with zero attached hydrogens (tertiary/aromatic N) is 1. The zero-order valence-electron chi connectivity index (χ0n) is 20.0. The van der Waals surface area contributed by atoms with Crippen molar-refractivity contribution in [2.45, 2.75) is 72.0 Å². The van der Waals surface area contributed by atoms with E-state index in [-0.39, 0.29) is 31.0 Å². The summed E-state index contributed by atoms with van der Waals surface area (Å²) in [5, 5.41) is 3.95. The molecule has 0 aromatic heterocycles. The third-order valence-electron chi connectivity index (χ3n) is 5.65. The molecule has 0 aliphatic rings. The van der Waals surface area contributed by atoms with E-state index >= 15 is 0 Å². The average molecular weight is 493 g/mol. The van der Waals surface area contributed by atoms with Crippen LogP contribution in [0, 0.1) is 0 Å². The van der Waals surface area contributed by atoms with Gasteiger partial charge in [-0.15, -0.1) is 0 Å². The number of rotatable bonds is 11. The van der Waals surface area contributed by atoms with Crippen molar-refractivity contribution < 1.29 is 14.3 Å². The summed E-state index contributed by atoms with van der Waals surface area (Å²) < 4.78 is 5.77. The Morgan fingerprint density at radius 2 is 1.67 bits per heavy atom. The largest absolute Gasteiger partial charge is 0.484 e. The van der Waals surface area contributed by atoms with Crippen molar-refractivity contribution >= 4 is 35.0 Å². The van der Waals surface area contributed by atoms with Crippen LogP contribution >= 0.6 is 23.2 Å². The molecule has 2 aromatic carbocycles. The normalized spacial score (nSPS) is 12.8. The molecule has 0 bridgehead atoms. The number of benzene rings is 2. The summed E-state index contributed by atoms with van der Waals surface area (Å²) in [6, 6.07) is 12.2. The van der Waals surface area contributed by atoms with Crippen LogP contribution in [0.4, 0.5) is 0 Å². The number of carbonyl (C=O) groups excluding carboxylic acids is 2. The first kappa shape index (κ1) is 27.0. The molecule has 0 aliphatic carbocycles. The molecular formula is C26H34Cl2N2O3. The Morgan fingerprint density at radius 1 is 1.00 bits per heavy atom. The molecule has 2 rings (SSSR count). The second-order valence-corrected chi connectivity index (χ2v) is 9.36. The van der Waals surface area contributed by atoms with Crippen LogP contribution in [0.15, 0.2) is 42.5 Å². The zero-order valence-corrected chi connectivity index (χ0v) is 21.5. The summed E-state index contributed by atoms with van der Waals surface area (Å²) in [4.78, 5) is 27.8. The van der Waals surface area contributed by atoms with E-state index in [1.54, 1.807) is 18.2 Å². The molecule has 0 radical (unpaired) electrons. The summed E-state index contributed by atoms with van der Waals surface area (Å²) in [5.74, 6) is 0.538. The molecule has 0 spiro atoms. The number of ether oxygens (including phenoxy) is 1. The van der Waals surface area contributed by atoms with Crippen LogP contribution < -0.4 is 10.1 Å². The Bertz CT molecular complexity index is 932. The SMILES string of the molecule is CC[C@@H](C)NC(=O)[C@H](CC)N(Cc1ccc(Cl)cc1Cl)C(=O)COc1ccc(C(C)C)cc1. The lowest BCUT2D eigenvalue weighted by Gasteiger charge is -2.31. The molecular weight excluding hydrogens is 459 g/mol. The van der Waals surface area contributed by atoms with Crippen LogP contribution in [0.5, 0.6) is 5.75 Å². The molecule has 0 aliphatic heterocycles. The Kier molecular flexibility index (Phi) is 10.5. The van der Waals surface area contributed by atoms with Crippen LogP contribution in [0.25, 0.3) is 0 Å². The van der Waals surface area contributed by atoms with Crippen LogP contribution in [-0.4, -0.2) is 35.4 Å². The first-order valence-corrected chi connectivity index (χ1v) is 12.2. The third-order valence-corrected chi connectivity index (χ3v) is 6.24. The van der Waals surface area contributed by atoms with Gasteiger partial charge in [-0.05, 0) is 61.1 Å². The molecule has 33 heavy (non-hydrogen) atoms. The van der Waals surface area contributed by atoms with E-state index in [9.17, 15) is 9.59 Å². The second-order valence-electron chi connectivity index (χ2n) is 8.51. The fourth-order valence-electron chi connectivity index (χ4n) is 3.37. The lowest BCUT2D eigenvalue weighted by molar-refractivity contribution is -0.143. The molecule has 0 saturated heterocycles. The van der Waals surface area contributed by atoms with E-state index in [0.717, 1.165) is 6.42 Å². The quantitative estimate of drug-likeness (QED) is 0.405. The average Bonchev–Trinajstić information content (AvgIpc) is 2.78. The third kappa shape index (κ3) is 7.94. The van der Waals surface area contributed by atoms with Gasteiger partial charge in [-0.25, -0.2) is 0 Å². The highest BCUT2D eigenvalue weighted by molar-refractivity contribution is 6.35. The van der Waals surface area contributed by atoms with Gasteiger partial charge < -0.3 is 15.0 Å². The minimum atomic E-state index is -0.648. The van der Waals surface area contributed by atoms with Gasteiger partial charge in [0.05, 0.1) is 0 Å². The molecule has 1 N–H and O–H groups in total. The van der Waals surface area contributed by atoms with Crippen molar-refractivity contribution in [2.75, 3.05) is 6.61 Å². The Morgan fingerprint density at radius 3 is 2.21 bits per heavy atom. The summed E-state index contributed by atoms with van der Waals surface area (Å²) in [6.45, 7) is 10.1. The summed E-state index contributed by atoms with van der Waals surface area (Å²) >= 11 is 12.4. The van der Waals surface area contributed by atoms with E-state index in [1.165, 1.54) is 10.5 Å². The molecule has 0 unspecified atom stereocenters. The van der Waals surface area contributed by atoms with Gasteiger partial charge in [-0.1, -0.05) is 69.1 Å². The van der Waals surface area contributed by atoms with Crippen LogP contribution in [0.2, 0.25) is 10.0 Å². The highest BCUT2D eigenvalue weighted by atomic mass is 35.5. The highest BCUT2D eigenvalue weighted by Gasteiger charge is 2.30. The summed E-state index contributed by atoms with van der Waals surface area (Å²) in [5.41, 5.74) is 1.91. The molecule has 0 saturated carbocycles. The molecule has 7 heteroatoms. The maximum Gasteiger partial charge on any atom is 0.261 e. The van der Waals surface area contributed by atoms with Crippen LogP contribution in [0.3, 0.4) is 0 Å². The predicted octanol–water partition coefficient (Wildman–Crippen LogP) is 6.22.